The smallest absolute Gasteiger partial charge is 0.248 e. The van der Waals surface area contributed by atoms with E-state index in [0.29, 0.717) is 12.8 Å². The fraction of sp³-hybridized carbons (Fsp3) is 1.00. The summed E-state index contributed by atoms with van der Waals surface area (Å²) in [6.45, 7) is 4.09. The van der Waals surface area contributed by atoms with Gasteiger partial charge in [0.2, 0.25) is 5.92 Å². The van der Waals surface area contributed by atoms with E-state index in [2.05, 4.69) is 6.92 Å². The van der Waals surface area contributed by atoms with Gasteiger partial charge < -0.3 is 6.15 Å². The highest BCUT2D eigenvalue weighted by Gasteiger charge is 2.26. The van der Waals surface area contributed by atoms with Crippen LogP contribution in [0.25, 0.3) is 0 Å². The summed E-state index contributed by atoms with van der Waals surface area (Å²) in [7, 11) is 0. The topological polar surface area (TPSA) is 35.0 Å². The van der Waals surface area contributed by atoms with Gasteiger partial charge >= 0.3 is 0 Å². The SMILES string of the molecule is CCCCCCCCCCCCCCCCC(F)(F)CCC.N. The van der Waals surface area contributed by atoms with Gasteiger partial charge in [-0.05, 0) is 6.42 Å². The average molecular weight is 336 g/mol. The van der Waals surface area contributed by atoms with E-state index in [1.54, 1.807) is 0 Å². The minimum absolute atomic E-state index is 0. The number of unbranched alkanes of at least 4 members (excludes halogenated alkanes) is 13. The van der Waals surface area contributed by atoms with Gasteiger partial charge in [-0.15, -0.1) is 0 Å². The molecule has 0 aliphatic heterocycles. The van der Waals surface area contributed by atoms with Crippen molar-refractivity contribution >= 4 is 0 Å². The largest absolute Gasteiger partial charge is 0.344 e. The number of halogens is 2. The standard InChI is InChI=1S/C20H40F2.H3N/c1-3-5-6-7-8-9-10-11-12-13-14-15-16-17-19-20(21,22)18-4-2;/h3-19H2,1-2H3;1H3. The lowest BCUT2D eigenvalue weighted by atomic mass is 10.0. The molecular formula is C20H43F2N. The molecule has 1 nitrogen and oxygen atoms in total. The van der Waals surface area contributed by atoms with E-state index in [1.165, 1.54) is 70.6 Å². The van der Waals surface area contributed by atoms with Crippen LogP contribution in [0.4, 0.5) is 8.78 Å². The van der Waals surface area contributed by atoms with Gasteiger partial charge in [0.05, 0.1) is 0 Å². The lowest BCUT2D eigenvalue weighted by Crippen LogP contribution is -2.14. The third-order valence-corrected chi connectivity index (χ3v) is 4.51. The Hall–Kier alpha value is -0.180. The van der Waals surface area contributed by atoms with Gasteiger partial charge in [0.25, 0.3) is 0 Å². The molecule has 23 heavy (non-hydrogen) atoms. The Morgan fingerprint density at radius 3 is 1.17 bits per heavy atom. The molecule has 142 valence electrons. The first kappa shape index (κ1) is 25.1. The van der Waals surface area contributed by atoms with Crippen molar-refractivity contribution in [3.05, 3.63) is 0 Å². The number of rotatable bonds is 17. The van der Waals surface area contributed by atoms with Crippen LogP contribution in [0.2, 0.25) is 0 Å². The summed E-state index contributed by atoms with van der Waals surface area (Å²) in [5.41, 5.74) is 0. The summed E-state index contributed by atoms with van der Waals surface area (Å²) >= 11 is 0. The van der Waals surface area contributed by atoms with Crippen molar-refractivity contribution in [3.63, 3.8) is 0 Å². The number of hydrogen-bond donors (Lipinski definition) is 1. The Labute approximate surface area is 144 Å². The van der Waals surface area contributed by atoms with E-state index in [-0.39, 0.29) is 19.0 Å². The van der Waals surface area contributed by atoms with Crippen LogP contribution in [-0.4, -0.2) is 5.92 Å². The van der Waals surface area contributed by atoms with Crippen LogP contribution in [0.3, 0.4) is 0 Å². The minimum atomic E-state index is -2.41. The maximum absolute atomic E-state index is 13.3. The van der Waals surface area contributed by atoms with Crippen molar-refractivity contribution in [1.29, 1.82) is 0 Å². The molecule has 0 bridgehead atoms. The van der Waals surface area contributed by atoms with Crippen molar-refractivity contribution in [3.8, 4) is 0 Å². The third kappa shape index (κ3) is 19.8. The second-order valence-corrected chi connectivity index (χ2v) is 6.95. The molecule has 0 amide bonds. The molecule has 0 rings (SSSR count). The highest BCUT2D eigenvalue weighted by molar-refractivity contribution is 4.65. The van der Waals surface area contributed by atoms with E-state index in [4.69, 9.17) is 0 Å². The van der Waals surface area contributed by atoms with Crippen molar-refractivity contribution in [1.82, 2.24) is 6.15 Å². The van der Waals surface area contributed by atoms with E-state index < -0.39 is 5.92 Å². The maximum Gasteiger partial charge on any atom is 0.248 e. The normalized spacial score (nSPS) is 11.5. The van der Waals surface area contributed by atoms with Gasteiger partial charge in [0, 0.05) is 12.8 Å². The molecule has 0 heterocycles. The fourth-order valence-electron chi connectivity index (χ4n) is 3.07. The van der Waals surface area contributed by atoms with Crippen molar-refractivity contribution < 1.29 is 8.78 Å². The number of alkyl halides is 2. The summed E-state index contributed by atoms with van der Waals surface area (Å²) in [5.74, 6) is -2.41. The van der Waals surface area contributed by atoms with Crippen LogP contribution in [-0.2, 0) is 0 Å². The second kappa shape index (κ2) is 18.2. The molecule has 0 atom stereocenters. The zero-order chi connectivity index (χ0) is 16.5. The molecule has 0 fully saturated rings. The van der Waals surface area contributed by atoms with Crippen molar-refractivity contribution in [2.45, 2.75) is 129 Å². The molecule has 0 aromatic rings. The first-order valence-corrected chi connectivity index (χ1v) is 10.00. The van der Waals surface area contributed by atoms with E-state index >= 15 is 0 Å². The molecular weight excluding hydrogens is 292 g/mol. The first-order chi connectivity index (χ1) is 10.6. The maximum atomic E-state index is 13.3. The summed E-state index contributed by atoms with van der Waals surface area (Å²) < 4.78 is 26.5. The molecule has 0 saturated heterocycles. The monoisotopic (exact) mass is 335 g/mol. The highest BCUT2D eigenvalue weighted by atomic mass is 19.3. The predicted octanol–water partition coefficient (Wildman–Crippen LogP) is 8.46. The highest BCUT2D eigenvalue weighted by Crippen LogP contribution is 2.27. The van der Waals surface area contributed by atoms with E-state index in [1.807, 2.05) is 6.92 Å². The zero-order valence-corrected chi connectivity index (χ0v) is 16.0. The molecule has 0 aromatic carbocycles. The first-order valence-electron chi connectivity index (χ1n) is 10.00. The molecule has 0 saturated carbocycles. The average Bonchev–Trinajstić information content (AvgIpc) is 2.47. The Morgan fingerprint density at radius 1 is 0.478 bits per heavy atom. The van der Waals surface area contributed by atoms with Gasteiger partial charge in [0.15, 0.2) is 0 Å². The van der Waals surface area contributed by atoms with Gasteiger partial charge in [-0.25, -0.2) is 8.78 Å². The number of hydrogen-bond acceptors (Lipinski definition) is 1. The molecule has 0 aromatic heterocycles. The minimum Gasteiger partial charge on any atom is -0.344 e. The van der Waals surface area contributed by atoms with Crippen molar-refractivity contribution in [2.24, 2.45) is 0 Å². The Balaban J connectivity index is 0. The van der Waals surface area contributed by atoms with Gasteiger partial charge in [0.1, 0.15) is 0 Å². The lowest BCUT2D eigenvalue weighted by molar-refractivity contribution is -0.0190. The van der Waals surface area contributed by atoms with Crippen LogP contribution < -0.4 is 6.15 Å². The molecule has 0 aliphatic carbocycles. The summed E-state index contributed by atoms with van der Waals surface area (Å²) in [4.78, 5) is 0. The van der Waals surface area contributed by atoms with E-state index in [9.17, 15) is 8.78 Å². The molecule has 0 aliphatic rings. The molecule has 3 heteroatoms. The molecule has 0 unspecified atom stereocenters. The summed E-state index contributed by atoms with van der Waals surface area (Å²) in [6.07, 6.45) is 18.5. The quantitative estimate of drug-likeness (QED) is 0.266. The van der Waals surface area contributed by atoms with Crippen LogP contribution in [0.5, 0.6) is 0 Å². The second-order valence-electron chi connectivity index (χ2n) is 6.95. The van der Waals surface area contributed by atoms with E-state index in [0.717, 1.165) is 12.8 Å². The fourth-order valence-corrected chi connectivity index (χ4v) is 3.07. The Kier molecular flexibility index (Phi) is 19.8. The Bertz CT molecular complexity index is 220. The Morgan fingerprint density at radius 2 is 0.826 bits per heavy atom. The molecule has 3 N–H and O–H groups in total. The molecule has 0 radical (unpaired) electrons. The lowest BCUT2D eigenvalue weighted by Gasteiger charge is -2.14. The van der Waals surface area contributed by atoms with Gasteiger partial charge in [-0.3, -0.25) is 0 Å². The van der Waals surface area contributed by atoms with Gasteiger partial charge in [-0.1, -0.05) is 104 Å². The van der Waals surface area contributed by atoms with Crippen LogP contribution in [0.1, 0.15) is 123 Å². The van der Waals surface area contributed by atoms with Gasteiger partial charge in [-0.2, -0.15) is 0 Å². The molecule has 0 spiro atoms. The third-order valence-electron chi connectivity index (χ3n) is 4.51. The zero-order valence-electron chi connectivity index (χ0n) is 16.0. The van der Waals surface area contributed by atoms with Crippen LogP contribution >= 0.6 is 0 Å². The summed E-state index contributed by atoms with van der Waals surface area (Å²) in [5, 5.41) is 0. The van der Waals surface area contributed by atoms with Crippen LogP contribution in [0.15, 0.2) is 0 Å². The summed E-state index contributed by atoms with van der Waals surface area (Å²) in [6, 6.07) is 0. The predicted molar refractivity (Wildman–Crippen MR) is 99.8 cm³/mol. The van der Waals surface area contributed by atoms with Crippen molar-refractivity contribution in [2.75, 3.05) is 0 Å². The van der Waals surface area contributed by atoms with Crippen LogP contribution in [0, 0.1) is 0 Å².